The molecule has 1 aromatic heterocycles. The number of fused-ring (bicyclic) bond motifs is 1. The second-order valence-electron chi connectivity index (χ2n) is 6.37. The number of pyridine rings is 1. The summed E-state index contributed by atoms with van der Waals surface area (Å²) in [5.74, 6) is 0.846. The van der Waals surface area contributed by atoms with Crippen LogP contribution in [-0.2, 0) is 0 Å². The third-order valence-electron chi connectivity index (χ3n) is 4.09. The Morgan fingerprint density at radius 2 is 2.19 bits per heavy atom. The van der Waals surface area contributed by atoms with Crippen LogP contribution in [0.15, 0.2) is 48.2 Å². The Labute approximate surface area is 155 Å². The molecule has 26 heavy (non-hydrogen) atoms. The maximum absolute atomic E-state index is 6.11. The number of allylic oxidation sites excluding steroid dienone is 2. The monoisotopic (exact) mass is 355 g/mol. The number of hydrogen-bond donors (Lipinski definition) is 6. The van der Waals surface area contributed by atoms with Crippen molar-refractivity contribution in [1.82, 2.24) is 15.6 Å². The van der Waals surface area contributed by atoms with Gasteiger partial charge < -0.3 is 33.2 Å². The van der Waals surface area contributed by atoms with E-state index in [1.54, 1.807) is 6.20 Å². The lowest BCUT2D eigenvalue weighted by molar-refractivity contribution is 0.720. The average Bonchev–Trinajstić information content (AvgIpc) is 2.63. The first kappa shape index (κ1) is 19.4. The van der Waals surface area contributed by atoms with Crippen molar-refractivity contribution in [3.63, 3.8) is 0 Å². The van der Waals surface area contributed by atoms with Gasteiger partial charge >= 0.3 is 0 Å². The SMILES string of the molecule is CN/C=C(\CN)c1cnc2c(c1)NC(N/C(N)=C/C(=C\N)C(C)C)C=C2. The molecule has 0 saturated carbocycles. The normalized spacial score (nSPS) is 17.7. The molecule has 1 atom stereocenters. The highest BCUT2D eigenvalue weighted by Crippen LogP contribution is 2.24. The Morgan fingerprint density at radius 1 is 1.42 bits per heavy atom. The molecule has 140 valence electrons. The van der Waals surface area contributed by atoms with Gasteiger partial charge in [-0.2, -0.15) is 0 Å². The number of hydrogen-bond acceptors (Lipinski definition) is 7. The second-order valence-corrected chi connectivity index (χ2v) is 6.37. The maximum Gasteiger partial charge on any atom is 0.117 e. The number of anilines is 1. The summed E-state index contributed by atoms with van der Waals surface area (Å²) in [6.07, 6.45) is 10.9. The van der Waals surface area contributed by atoms with E-state index >= 15 is 0 Å². The number of aromatic nitrogens is 1. The molecule has 0 aromatic carbocycles. The first-order chi connectivity index (χ1) is 12.5. The van der Waals surface area contributed by atoms with E-state index in [9.17, 15) is 0 Å². The minimum atomic E-state index is -0.142. The average molecular weight is 355 g/mol. The van der Waals surface area contributed by atoms with Crippen molar-refractivity contribution >= 4 is 17.3 Å². The number of rotatable bonds is 7. The molecule has 7 heteroatoms. The summed E-state index contributed by atoms with van der Waals surface area (Å²) in [7, 11) is 1.85. The highest BCUT2D eigenvalue weighted by atomic mass is 15.2. The van der Waals surface area contributed by atoms with Crippen LogP contribution in [-0.4, -0.2) is 24.7 Å². The van der Waals surface area contributed by atoms with E-state index in [2.05, 4.69) is 34.8 Å². The molecule has 0 aliphatic carbocycles. The van der Waals surface area contributed by atoms with Gasteiger partial charge in [-0.1, -0.05) is 13.8 Å². The van der Waals surface area contributed by atoms with Crippen molar-refractivity contribution in [3.05, 3.63) is 59.5 Å². The van der Waals surface area contributed by atoms with Crippen molar-refractivity contribution in [2.45, 2.75) is 20.0 Å². The molecule has 1 aliphatic heterocycles. The molecule has 0 fully saturated rings. The quantitative estimate of drug-likeness (QED) is 0.406. The third kappa shape index (κ3) is 4.80. The van der Waals surface area contributed by atoms with Crippen LogP contribution in [0.25, 0.3) is 11.6 Å². The first-order valence-corrected chi connectivity index (χ1v) is 8.65. The van der Waals surface area contributed by atoms with Crippen molar-refractivity contribution < 1.29 is 0 Å². The van der Waals surface area contributed by atoms with E-state index in [4.69, 9.17) is 17.2 Å². The number of nitrogens with two attached hydrogens (primary N) is 3. The van der Waals surface area contributed by atoms with Crippen molar-refractivity contribution in [3.8, 4) is 0 Å². The number of nitrogens with zero attached hydrogens (tertiary/aromatic N) is 1. The molecule has 9 N–H and O–H groups in total. The van der Waals surface area contributed by atoms with Crippen LogP contribution in [0.2, 0.25) is 0 Å². The Morgan fingerprint density at radius 3 is 2.81 bits per heavy atom. The molecule has 0 radical (unpaired) electrons. The lowest BCUT2D eigenvalue weighted by Crippen LogP contribution is -2.38. The first-order valence-electron chi connectivity index (χ1n) is 8.65. The van der Waals surface area contributed by atoms with E-state index in [0.29, 0.717) is 18.3 Å². The van der Waals surface area contributed by atoms with E-state index in [-0.39, 0.29) is 6.17 Å². The van der Waals surface area contributed by atoms with Crippen molar-refractivity contribution in [1.29, 1.82) is 0 Å². The van der Waals surface area contributed by atoms with Crippen LogP contribution in [0.3, 0.4) is 0 Å². The van der Waals surface area contributed by atoms with Crippen molar-refractivity contribution in [2.75, 3.05) is 18.9 Å². The highest BCUT2D eigenvalue weighted by molar-refractivity contribution is 5.74. The van der Waals surface area contributed by atoms with Gasteiger partial charge in [-0.05, 0) is 47.6 Å². The van der Waals surface area contributed by atoms with Crippen LogP contribution < -0.4 is 33.2 Å². The van der Waals surface area contributed by atoms with Crippen LogP contribution in [0.4, 0.5) is 5.69 Å². The van der Waals surface area contributed by atoms with E-state index in [0.717, 1.165) is 28.1 Å². The fourth-order valence-electron chi connectivity index (χ4n) is 2.63. The molecule has 0 spiro atoms. The summed E-state index contributed by atoms with van der Waals surface area (Å²) >= 11 is 0. The highest BCUT2D eigenvalue weighted by Gasteiger charge is 2.15. The molecule has 2 heterocycles. The zero-order valence-corrected chi connectivity index (χ0v) is 15.6. The molecule has 7 nitrogen and oxygen atoms in total. The van der Waals surface area contributed by atoms with Gasteiger partial charge in [0.05, 0.1) is 17.2 Å². The van der Waals surface area contributed by atoms with Gasteiger partial charge in [-0.25, -0.2) is 0 Å². The smallest absolute Gasteiger partial charge is 0.117 e. The molecular formula is C19H29N7. The molecule has 0 amide bonds. The van der Waals surface area contributed by atoms with Gasteiger partial charge in [0.25, 0.3) is 0 Å². The van der Waals surface area contributed by atoms with Crippen LogP contribution in [0.1, 0.15) is 25.1 Å². The summed E-state index contributed by atoms with van der Waals surface area (Å²) in [6, 6.07) is 2.04. The summed E-state index contributed by atoms with van der Waals surface area (Å²) < 4.78 is 0. The van der Waals surface area contributed by atoms with Gasteiger partial charge in [0, 0.05) is 31.6 Å². The summed E-state index contributed by atoms with van der Waals surface area (Å²) in [6.45, 7) is 4.56. The van der Waals surface area contributed by atoms with Gasteiger partial charge in [0.15, 0.2) is 0 Å². The Balaban J connectivity index is 2.16. The molecule has 0 saturated heterocycles. The van der Waals surface area contributed by atoms with E-state index < -0.39 is 0 Å². The Bertz CT molecular complexity index is 744. The fourth-order valence-corrected chi connectivity index (χ4v) is 2.63. The van der Waals surface area contributed by atoms with E-state index in [1.165, 1.54) is 0 Å². The topological polar surface area (TPSA) is 127 Å². The fraction of sp³-hybridized carbons (Fsp3) is 0.316. The van der Waals surface area contributed by atoms with Crippen molar-refractivity contribution in [2.24, 2.45) is 23.1 Å². The second kappa shape index (κ2) is 8.96. The largest absolute Gasteiger partial charge is 0.404 e. The molecular weight excluding hydrogens is 326 g/mol. The predicted octanol–water partition coefficient (Wildman–Crippen LogP) is 1.25. The molecule has 0 bridgehead atoms. The van der Waals surface area contributed by atoms with Crippen LogP contribution in [0.5, 0.6) is 0 Å². The van der Waals surface area contributed by atoms with E-state index in [1.807, 2.05) is 43.7 Å². The maximum atomic E-state index is 6.11. The zero-order chi connectivity index (χ0) is 19.1. The number of nitrogens with one attached hydrogen (secondary N) is 3. The van der Waals surface area contributed by atoms with Gasteiger partial charge in [-0.15, -0.1) is 0 Å². The molecule has 1 unspecified atom stereocenters. The molecule has 1 aliphatic rings. The van der Waals surface area contributed by atoms with Crippen LogP contribution >= 0.6 is 0 Å². The molecule has 1 aromatic rings. The van der Waals surface area contributed by atoms with Gasteiger partial charge in [-0.3, -0.25) is 4.98 Å². The third-order valence-corrected chi connectivity index (χ3v) is 4.09. The zero-order valence-electron chi connectivity index (χ0n) is 15.6. The Kier molecular flexibility index (Phi) is 6.68. The lowest BCUT2D eigenvalue weighted by atomic mass is 10.0. The van der Waals surface area contributed by atoms with Gasteiger partial charge in [0.1, 0.15) is 6.17 Å². The summed E-state index contributed by atoms with van der Waals surface area (Å²) in [4.78, 5) is 4.50. The Hall–Kier alpha value is -2.93. The summed E-state index contributed by atoms with van der Waals surface area (Å²) in [5.41, 5.74) is 22.3. The predicted molar refractivity (Wildman–Crippen MR) is 109 cm³/mol. The lowest BCUT2D eigenvalue weighted by Gasteiger charge is -2.24. The minimum absolute atomic E-state index is 0.142. The standard InChI is InChI=1S/C19H29N7/c1-12(2)13(8-20)7-18(22)26-19-5-4-16-17(25-19)6-14(11-24-16)15(9-21)10-23-3/h4-8,10-12,19,23,25-26H,9,20-22H2,1-3H3/b13-8+,15-10+,18-7+. The van der Waals surface area contributed by atoms with Crippen LogP contribution in [0, 0.1) is 5.92 Å². The minimum Gasteiger partial charge on any atom is -0.404 e. The van der Waals surface area contributed by atoms with Gasteiger partial charge in [0.2, 0.25) is 0 Å². The summed E-state index contributed by atoms with van der Waals surface area (Å²) in [5, 5.41) is 9.63. The molecule has 2 rings (SSSR count).